The number of nitrogens with one attached hydrogen (secondary N) is 6. The molecule has 33 heteroatoms. The van der Waals surface area contributed by atoms with Gasteiger partial charge in [-0.3, -0.25) is 66.6 Å². The topological polar surface area (TPSA) is 440 Å². The molecule has 1 unspecified atom stereocenters. The number of nitrogens with zero attached hydrogens (tertiary/aromatic N) is 3. The van der Waals surface area contributed by atoms with Crippen molar-refractivity contribution in [3.05, 3.63) is 35.4 Å². The number of methoxy groups -OCH3 is 1. The number of aromatic nitrogens is 1. The molecule has 5 aliphatic rings. The Morgan fingerprint density at radius 3 is 2.08 bits per heavy atom. The number of aliphatic hydroxyl groups excluding tert-OH is 3. The van der Waals surface area contributed by atoms with Crippen molar-refractivity contribution in [2.24, 2.45) is 29.4 Å². The number of hydrogen-bond donors (Lipinski definition) is 10. The molecule has 2 fully saturated rings. The van der Waals surface area contributed by atoms with Crippen molar-refractivity contribution in [1.82, 2.24) is 46.3 Å². The van der Waals surface area contributed by atoms with E-state index in [-0.39, 0.29) is 91.7 Å². The number of H-pyrrole nitrogens is 1. The van der Waals surface area contributed by atoms with E-state index in [2.05, 4.69) is 31.6 Å². The van der Waals surface area contributed by atoms with Gasteiger partial charge in [0.15, 0.2) is 11.6 Å². The van der Waals surface area contributed by atoms with Crippen LogP contribution in [-0.4, -0.2) is 263 Å². The van der Waals surface area contributed by atoms with Crippen molar-refractivity contribution in [2.45, 2.75) is 131 Å². The second kappa shape index (κ2) is 36.9. The van der Waals surface area contributed by atoms with E-state index in [0.29, 0.717) is 74.4 Å². The quantitative estimate of drug-likeness (QED) is 0.0335. The molecule has 0 radical (unpaired) electrons. The van der Waals surface area contributed by atoms with Crippen LogP contribution < -0.4 is 37.1 Å². The average molecular weight is 1390 g/mol. The van der Waals surface area contributed by atoms with Gasteiger partial charge >= 0.3 is 0 Å². The molecule has 2 bridgehead atoms. The Hall–Kier alpha value is -7.24. The van der Waals surface area contributed by atoms with E-state index in [1.54, 1.807) is 42.6 Å². The molecule has 11 atom stereocenters. The van der Waals surface area contributed by atoms with Gasteiger partial charge < -0.3 is 86.1 Å². The SMILES string of the molecule is CC[C@H](C)[C@@H]1CC(=O)CNC(=O)[C@H]2CC(=O)[C@H]([C@@H](C)[C@@H](O)CO)NC(=O)[C@@H]3C[C@@H](O)CN3C(=O)[C@H](CC(N)=O)NC(=O)[C@H](CS(=O)c3[nH]c4c(CSC5CCN(C(=O)CCOCCOCCOCCOCCN6C(=O)C=CC6=O)CC5)c(OC)ccc4c3C2)NC(=O)CNC1=O. The van der Waals surface area contributed by atoms with Gasteiger partial charge in [0.1, 0.15) is 28.9 Å². The molecule has 1 aromatic heterocycles. The molecule has 96 heavy (non-hydrogen) atoms. The molecule has 7 rings (SSSR count). The highest BCUT2D eigenvalue weighted by molar-refractivity contribution is 7.99. The number of likely N-dealkylation sites (tertiary alicyclic amines) is 1. The number of thioether (sulfide) groups is 1. The zero-order valence-corrected chi connectivity index (χ0v) is 56.1. The number of imide groups is 1. The van der Waals surface area contributed by atoms with Crippen molar-refractivity contribution in [3.8, 4) is 5.75 Å². The number of carbonyl (C=O) groups excluding carboxylic acids is 12. The Labute approximate surface area is 561 Å². The highest BCUT2D eigenvalue weighted by Gasteiger charge is 2.45. The van der Waals surface area contributed by atoms with E-state index >= 15 is 9.00 Å². The molecule has 0 spiro atoms. The zero-order chi connectivity index (χ0) is 69.8. The fourth-order valence-electron chi connectivity index (χ4n) is 12.1. The molecule has 530 valence electrons. The van der Waals surface area contributed by atoms with Crippen LogP contribution in [0.3, 0.4) is 0 Å². The molecular formula is C63H90N10O21S2. The van der Waals surface area contributed by atoms with Crippen LogP contribution in [0, 0.1) is 23.7 Å². The van der Waals surface area contributed by atoms with Crippen LogP contribution in [0.15, 0.2) is 29.3 Å². The second-order valence-corrected chi connectivity index (χ2v) is 27.2. The molecule has 11 N–H and O–H groups in total. The van der Waals surface area contributed by atoms with E-state index in [4.69, 9.17) is 29.4 Å². The first-order valence-corrected chi connectivity index (χ1v) is 34.7. The van der Waals surface area contributed by atoms with Crippen LogP contribution in [0.25, 0.3) is 10.9 Å². The van der Waals surface area contributed by atoms with Gasteiger partial charge in [0.25, 0.3) is 11.8 Å². The van der Waals surface area contributed by atoms with Crippen molar-refractivity contribution in [1.29, 1.82) is 0 Å². The van der Waals surface area contributed by atoms with Crippen molar-refractivity contribution >= 4 is 104 Å². The van der Waals surface area contributed by atoms with Crippen LogP contribution in [0.1, 0.15) is 83.3 Å². The number of carbonyl (C=O) groups is 12. The number of amides is 10. The number of benzene rings is 1. The lowest BCUT2D eigenvalue weighted by molar-refractivity contribution is -0.144. The fraction of sp³-hybridized carbons (Fsp3) is 0.651. The Morgan fingerprint density at radius 2 is 1.45 bits per heavy atom. The Bertz CT molecular complexity index is 3200. The van der Waals surface area contributed by atoms with Gasteiger partial charge in [-0.25, -0.2) is 0 Å². The van der Waals surface area contributed by atoms with Crippen LogP contribution in [0.4, 0.5) is 0 Å². The Balaban J connectivity index is 1.12. The number of Topliss-reactive ketones (excluding diaryl/α,β-unsaturated/α-hetero) is 2. The molecule has 6 heterocycles. The number of nitrogens with two attached hydrogens (primary N) is 1. The predicted octanol–water partition coefficient (Wildman–Crippen LogP) is -2.83. The number of fused-ring (bicyclic) bond motifs is 5. The smallest absolute Gasteiger partial charge is 0.253 e. The van der Waals surface area contributed by atoms with E-state index in [9.17, 15) is 68.1 Å². The first kappa shape index (κ1) is 76.1. The standard InChI is InChI=1S/C63H90N10O21S2/c1-5-35(2)42-26-38(75)29-65-58(84)37-24-43-41-6-7-50(90-4)44(33-95-40-10-13-71(14-11-40)53(81)12-16-91-18-20-93-22-23-94-21-19-92-17-15-72-54(82)8-9-55(72)83)57(41)70-62(43)96(89)34-46(67-52(80)30-66-59(42)85)60(86)68-45(28-51(64)79)63(88)73-31-39(76)27-47(73)61(87)69-56(48(77)25-37)36(3)49(78)32-74/h6-9,35-37,39-40,42,45-47,49,56,70,74,76,78H,5,10-34H2,1-4H3,(H2,64,79)(H,65,84)(H,66,85)(H,67,80)(H,68,86)(H,69,87)/t35-,36-,37+,39+,42-,45-,46-,47-,49-,56-,96?/m0/s1. The van der Waals surface area contributed by atoms with E-state index in [0.717, 1.165) is 9.80 Å². The molecule has 0 saturated carbocycles. The lowest BCUT2D eigenvalue weighted by Gasteiger charge is -2.32. The lowest BCUT2D eigenvalue weighted by Crippen LogP contribution is -2.60. The third kappa shape index (κ3) is 20.9. The van der Waals surface area contributed by atoms with Gasteiger partial charge in [0, 0.05) is 90.8 Å². The Kier molecular flexibility index (Phi) is 29.3. The van der Waals surface area contributed by atoms with E-state index in [1.807, 2.05) is 0 Å². The summed E-state index contributed by atoms with van der Waals surface area (Å²) in [5, 5.41) is 45.1. The van der Waals surface area contributed by atoms with Gasteiger partial charge in [-0.15, -0.1) is 0 Å². The molecule has 2 saturated heterocycles. The number of primary amides is 1. The van der Waals surface area contributed by atoms with E-state index in [1.165, 1.54) is 26.2 Å². The second-order valence-electron chi connectivity index (χ2n) is 24.5. The number of aromatic amines is 1. The highest BCUT2D eigenvalue weighted by Crippen LogP contribution is 2.39. The summed E-state index contributed by atoms with van der Waals surface area (Å²) < 4.78 is 43.5. The van der Waals surface area contributed by atoms with Crippen molar-refractivity contribution < 1.29 is 101 Å². The lowest BCUT2D eigenvalue weighted by atomic mass is 9.85. The summed E-state index contributed by atoms with van der Waals surface area (Å²) in [5.74, 6) is -13.5. The van der Waals surface area contributed by atoms with Crippen molar-refractivity contribution in [2.75, 3.05) is 112 Å². The van der Waals surface area contributed by atoms with Crippen LogP contribution in [0.2, 0.25) is 0 Å². The maximum absolute atomic E-state index is 15.5. The minimum atomic E-state index is -2.42. The maximum Gasteiger partial charge on any atom is 0.253 e. The molecule has 2 aromatic rings. The summed E-state index contributed by atoms with van der Waals surface area (Å²) in [4.78, 5) is 172. The van der Waals surface area contributed by atoms with Gasteiger partial charge in [0.05, 0.1) is 139 Å². The van der Waals surface area contributed by atoms with Crippen LogP contribution in [-0.2, 0) is 99.5 Å². The third-order valence-corrected chi connectivity index (χ3v) is 20.7. The largest absolute Gasteiger partial charge is 0.496 e. The number of ketones is 2. The fourth-order valence-corrected chi connectivity index (χ4v) is 14.7. The average Bonchev–Trinajstić information content (AvgIpc) is 1.61. The molecular weight excluding hydrogens is 1300 g/mol. The minimum absolute atomic E-state index is 0.0345. The summed E-state index contributed by atoms with van der Waals surface area (Å²) in [6, 6.07) is -3.66. The number of rotatable bonds is 26. The Morgan fingerprint density at radius 1 is 0.802 bits per heavy atom. The highest BCUT2D eigenvalue weighted by atomic mass is 32.2. The van der Waals surface area contributed by atoms with Crippen molar-refractivity contribution in [3.63, 3.8) is 0 Å². The summed E-state index contributed by atoms with van der Waals surface area (Å²) in [6.45, 7) is 5.30. The maximum atomic E-state index is 15.5. The summed E-state index contributed by atoms with van der Waals surface area (Å²) in [5.41, 5.74) is 6.76. The summed E-state index contributed by atoms with van der Waals surface area (Å²) >= 11 is 1.57. The normalized spacial score (nSPS) is 25.0. The number of piperidine rings is 1. The number of ether oxygens (including phenoxy) is 5. The van der Waals surface area contributed by atoms with E-state index < -0.39 is 181 Å². The first-order chi connectivity index (χ1) is 45.9. The van der Waals surface area contributed by atoms with Crippen LogP contribution in [0.5, 0.6) is 5.75 Å². The molecule has 5 aliphatic heterocycles. The molecule has 10 amide bonds. The molecule has 1 aromatic carbocycles. The van der Waals surface area contributed by atoms with Gasteiger partial charge in [-0.2, -0.15) is 11.8 Å². The third-order valence-electron chi connectivity index (χ3n) is 17.8. The van der Waals surface area contributed by atoms with Gasteiger partial charge in [-0.1, -0.05) is 27.2 Å². The van der Waals surface area contributed by atoms with Gasteiger partial charge in [-0.05, 0) is 42.9 Å². The van der Waals surface area contributed by atoms with Gasteiger partial charge in [0.2, 0.25) is 47.3 Å². The molecule has 0 aliphatic carbocycles. The zero-order valence-electron chi connectivity index (χ0n) is 54.5. The molecule has 31 nitrogen and oxygen atoms in total. The number of hydrogen-bond acceptors (Lipinski definition) is 22. The predicted molar refractivity (Wildman–Crippen MR) is 344 cm³/mol. The summed E-state index contributed by atoms with van der Waals surface area (Å²) in [6.07, 6.45) is -1.58. The first-order valence-electron chi connectivity index (χ1n) is 32.3. The minimum Gasteiger partial charge on any atom is -0.496 e. The summed E-state index contributed by atoms with van der Waals surface area (Å²) in [7, 11) is -0.967. The number of aliphatic hydroxyl groups is 3. The van der Waals surface area contributed by atoms with Crippen LogP contribution >= 0.6 is 11.8 Å². The monoisotopic (exact) mass is 1390 g/mol.